The number of anilines is 1. The normalized spacial score (nSPS) is 14.6. The summed E-state index contributed by atoms with van der Waals surface area (Å²) >= 11 is 0. The molecule has 1 atom stereocenters. The van der Waals surface area contributed by atoms with Crippen molar-refractivity contribution >= 4 is 35.6 Å². The van der Waals surface area contributed by atoms with E-state index in [0.29, 0.717) is 6.54 Å². The maximum absolute atomic E-state index is 4.82. The second-order valence-electron chi connectivity index (χ2n) is 7.76. The molecule has 164 valence electrons. The third-order valence-electron chi connectivity index (χ3n) is 5.41. The lowest BCUT2D eigenvalue weighted by molar-refractivity contribution is 0.636. The average molecular weight is 522 g/mol. The van der Waals surface area contributed by atoms with Crippen molar-refractivity contribution in [3.05, 3.63) is 58.9 Å². The van der Waals surface area contributed by atoms with Gasteiger partial charge in [0.25, 0.3) is 0 Å². The number of aliphatic imine (C=N–C) groups is 1. The molecule has 0 saturated carbocycles. The van der Waals surface area contributed by atoms with Crippen LogP contribution in [0.1, 0.15) is 36.4 Å². The smallest absolute Gasteiger partial charge is 0.191 e. The molecule has 1 aromatic carbocycles. The number of guanidine groups is 1. The number of benzene rings is 1. The quantitative estimate of drug-likeness (QED) is 0.252. The third-order valence-corrected chi connectivity index (χ3v) is 5.41. The van der Waals surface area contributed by atoms with Crippen molar-refractivity contribution in [2.24, 2.45) is 12.0 Å². The number of aryl methyl sites for hydroxylation is 2. The molecule has 0 saturated heterocycles. The van der Waals surface area contributed by atoms with Crippen LogP contribution >= 0.6 is 24.0 Å². The third kappa shape index (κ3) is 6.23. The first-order chi connectivity index (χ1) is 14.0. The maximum Gasteiger partial charge on any atom is 0.191 e. The van der Waals surface area contributed by atoms with E-state index in [4.69, 9.17) is 4.99 Å². The Bertz CT molecular complexity index is 878. The van der Waals surface area contributed by atoms with Gasteiger partial charge in [0.15, 0.2) is 5.96 Å². The molecule has 30 heavy (non-hydrogen) atoms. The Hall–Kier alpha value is -2.03. The highest BCUT2D eigenvalue weighted by Crippen LogP contribution is 2.19. The summed E-state index contributed by atoms with van der Waals surface area (Å²) in [7, 11) is 2.00. The van der Waals surface area contributed by atoms with Crippen LogP contribution in [0.5, 0.6) is 0 Å². The molecular formula is C23H35IN6. The van der Waals surface area contributed by atoms with Gasteiger partial charge in [-0.3, -0.25) is 4.68 Å². The minimum absolute atomic E-state index is 0. The van der Waals surface area contributed by atoms with Crippen molar-refractivity contribution < 1.29 is 0 Å². The molecule has 0 fully saturated rings. The fraction of sp³-hybridized carbons (Fsp3) is 0.478. The predicted molar refractivity (Wildman–Crippen MR) is 137 cm³/mol. The number of halogens is 1. The molecule has 0 radical (unpaired) electrons. The van der Waals surface area contributed by atoms with Crippen LogP contribution in [-0.4, -0.2) is 41.4 Å². The highest BCUT2D eigenvalue weighted by Gasteiger charge is 2.14. The van der Waals surface area contributed by atoms with E-state index in [-0.39, 0.29) is 30.0 Å². The molecule has 0 spiro atoms. The summed E-state index contributed by atoms with van der Waals surface area (Å²) in [5.41, 5.74) is 6.13. The largest absolute Gasteiger partial charge is 0.364 e. The lowest BCUT2D eigenvalue weighted by atomic mass is 10.1. The van der Waals surface area contributed by atoms with Crippen LogP contribution in [-0.2, 0) is 20.0 Å². The molecule has 7 heteroatoms. The van der Waals surface area contributed by atoms with Gasteiger partial charge in [0.1, 0.15) is 0 Å². The zero-order valence-electron chi connectivity index (χ0n) is 18.8. The minimum atomic E-state index is 0. The molecule has 2 aromatic rings. The van der Waals surface area contributed by atoms with E-state index in [1.165, 1.54) is 22.5 Å². The van der Waals surface area contributed by atoms with Gasteiger partial charge in [0.2, 0.25) is 0 Å². The van der Waals surface area contributed by atoms with Crippen molar-refractivity contribution in [3.63, 3.8) is 0 Å². The molecule has 0 bridgehead atoms. The van der Waals surface area contributed by atoms with Crippen LogP contribution in [0.15, 0.2) is 41.4 Å². The van der Waals surface area contributed by atoms with Crippen LogP contribution in [0.25, 0.3) is 0 Å². The van der Waals surface area contributed by atoms with Crippen molar-refractivity contribution in [1.29, 1.82) is 0 Å². The van der Waals surface area contributed by atoms with E-state index in [9.17, 15) is 0 Å². The monoisotopic (exact) mass is 522 g/mol. The van der Waals surface area contributed by atoms with Gasteiger partial charge < -0.3 is 15.5 Å². The summed E-state index contributed by atoms with van der Waals surface area (Å²) in [6, 6.07) is 8.94. The Morgan fingerprint density at radius 2 is 1.97 bits per heavy atom. The fourth-order valence-corrected chi connectivity index (χ4v) is 3.73. The first kappa shape index (κ1) is 24.2. The number of aromatic nitrogens is 2. The topological polar surface area (TPSA) is 57.5 Å². The SMILES string of the molecule is CCNC(=NCc1cccc(N2CC=CC2)c1)NC(C)Cc1c(C)nn(C)c1C.I. The Balaban J connectivity index is 0.00000320. The van der Waals surface area contributed by atoms with Crippen LogP contribution in [0.3, 0.4) is 0 Å². The molecule has 1 unspecified atom stereocenters. The van der Waals surface area contributed by atoms with E-state index in [1.54, 1.807) is 0 Å². The first-order valence-electron chi connectivity index (χ1n) is 10.5. The van der Waals surface area contributed by atoms with E-state index >= 15 is 0 Å². The second kappa shape index (κ2) is 11.4. The zero-order valence-corrected chi connectivity index (χ0v) is 21.1. The Labute approximate surface area is 197 Å². The van der Waals surface area contributed by atoms with E-state index in [2.05, 4.69) is 84.7 Å². The van der Waals surface area contributed by atoms with Crippen molar-refractivity contribution in [1.82, 2.24) is 20.4 Å². The van der Waals surface area contributed by atoms with Gasteiger partial charge in [-0.25, -0.2) is 4.99 Å². The molecule has 1 aliphatic rings. The van der Waals surface area contributed by atoms with E-state index < -0.39 is 0 Å². The standard InChI is InChI=1S/C23H34N6.HI/c1-6-24-23(26-17(2)14-22-18(3)27-28(5)19(22)4)25-16-20-10-9-11-21(15-20)29-12-7-8-13-29;/h7-11,15,17H,6,12-14,16H2,1-5H3,(H2,24,25,26);1H. The molecule has 1 aliphatic heterocycles. The predicted octanol–water partition coefficient (Wildman–Crippen LogP) is 3.72. The highest BCUT2D eigenvalue weighted by atomic mass is 127. The lowest BCUT2D eigenvalue weighted by Gasteiger charge is -2.19. The van der Waals surface area contributed by atoms with Gasteiger partial charge in [-0.1, -0.05) is 24.3 Å². The molecule has 0 amide bonds. The van der Waals surface area contributed by atoms with Crippen LogP contribution in [0, 0.1) is 13.8 Å². The van der Waals surface area contributed by atoms with Crippen LogP contribution < -0.4 is 15.5 Å². The molecule has 2 heterocycles. The second-order valence-corrected chi connectivity index (χ2v) is 7.76. The number of hydrogen-bond donors (Lipinski definition) is 2. The van der Waals surface area contributed by atoms with Gasteiger partial charge >= 0.3 is 0 Å². The number of rotatable bonds is 7. The van der Waals surface area contributed by atoms with Crippen molar-refractivity contribution in [2.75, 3.05) is 24.5 Å². The molecule has 2 N–H and O–H groups in total. The summed E-state index contributed by atoms with van der Waals surface area (Å²) in [5.74, 6) is 0.854. The van der Waals surface area contributed by atoms with Gasteiger partial charge in [-0.2, -0.15) is 5.10 Å². The lowest BCUT2D eigenvalue weighted by Crippen LogP contribution is -2.43. The summed E-state index contributed by atoms with van der Waals surface area (Å²) in [6.07, 6.45) is 5.35. The van der Waals surface area contributed by atoms with Gasteiger partial charge in [-0.05, 0) is 57.4 Å². The van der Waals surface area contributed by atoms with Gasteiger partial charge in [-0.15, -0.1) is 24.0 Å². The fourth-order valence-electron chi connectivity index (χ4n) is 3.73. The van der Waals surface area contributed by atoms with Crippen LogP contribution in [0.4, 0.5) is 5.69 Å². The van der Waals surface area contributed by atoms with Crippen molar-refractivity contribution in [3.8, 4) is 0 Å². The zero-order chi connectivity index (χ0) is 20.8. The first-order valence-corrected chi connectivity index (χ1v) is 10.5. The summed E-state index contributed by atoms with van der Waals surface area (Å²) in [4.78, 5) is 7.18. The molecule has 0 aliphatic carbocycles. The number of nitrogens with one attached hydrogen (secondary N) is 2. The summed E-state index contributed by atoms with van der Waals surface area (Å²) in [5, 5.41) is 11.5. The van der Waals surface area contributed by atoms with Crippen LogP contribution in [0.2, 0.25) is 0 Å². The van der Waals surface area contributed by atoms with E-state index in [0.717, 1.165) is 37.7 Å². The minimum Gasteiger partial charge on any atom is -0.364 e. The number of nitrogens with zero attached hydrogens (tertiary/aromatic N) is 4. The molecule has 6 nitrogen and oxygen atoms in total. The summed E-state index contributed by atoms with van der Waals surface area (Å²) < 4.78 is 1.96. The molecule has 1 aromatic heterocycles. The molecule has 3 rings (SSSR count). The Kier molecular flexibility index (Phi) is 9.20. The van der Waals surface area contributed by atoms with Gasteiger partial charge in [0.05, 0.1) is 12.2 Å². The van der Waals surface area contributed by atoms with Gasteiger partial charge in [0, 0.05) is 44.1 Å². The highest BCUT2D eigenvalue weighted by molar-refractivity contribution is 14.0. The maximum atomic E-state index is 4.82. The Morgan fingerprint density at radius 1 is 1.23 bits per heavy atom. The molecular weight excluding hydrogens is 487 g/mol. The van der Waals surface area contributed by atoms with Crippen molar-refractivity contribution in [2.45, 2.75) is 46.7 Å². The average Bonchev–Trinajstić information content (AvgIpc) is 3.32. The van der Waals surface area contributed by atoms with E-state index in [1.807, 2.05) is 11.7 Å². The summed E-state index contributed by atoms with van der Waals surface area (Å²) in [6.45, 7) is 12.0. The number of hydrogen-bond acceptors (Lipinski definition) is 3. The Morgan fingerprint density at radius 3 is 2.60 bits per heavy atom.